The van der Waals surface area contributed by atoms with Crippen LogP contribution in [0.5, 0.6) is 5.75 Å². The Morgan fingerprint density at radius 2 is 2.05 bits per heavy atom. The van der Waals surface area contributed by atoms with Gasteiger partial charge in [0.2, 0.25) is 5.91 Å². The molecular weight excluding hydrogens is 268 g/mol. The van der Waals surface area contributed by atoms with Crippen molar-refractivity contribution in [1.82, 2.24) is 14.7 Å². The molecule has 2 rings (SSSR count). The monoisotopic (exact) mass is 288 g/mol. The van der Waals surface area contributed by atoms with Crippen LogP contribution in [0.2, 0.25) is 0 Å². The van der Waals surface area contributed by atoms with E-state index >= 15 is 0 Å². The van der Waals surface area contributed by atoms with Crippen LogP contribution in [-0.4, -0.2) is 38.8 Å². The molecule has 3 N–H and O–H groups in total. The lowest BCUT2D eigenvalue weighted by Gasteiger charge is -2.20. The van der Waals surface area contributed by atoms with Crippen LogP contribution in [0.1, 0.15) is 11.1 Å². The summed E-state index contributed by atoms with van der Waals surface area (Å²) in [7, 11) is 3.56. The predicted octanol–water partition coefficient (Wildman–Crippen LogP) is 0.654. The summed E-state index contributed by atoms with van der Waals surface area (Å²) in [5, 5.41) is 13.3. The van der Waals surface area contributed by atoms with Crippen molar-refractivity contribution in [3.05, 3.63) is 47.8 Å². The second kappa shape index (κ2) is 6.41. The lowest BCUT2D eigenvalue weighted by Crippen LogP contribution is -2.42. The molecule has 1 heterocycles. The van der Waals surface area contributed by atoms with Crippen LogP contribution < -0.4 is 5.73 Å². The van der Waals surface area contributed by atoms with E-state index in [2.05, 4.69) is 5.10 Å². The number of aromatic hydroxyl groups is 1. The third-order valence-corrected chi connectivity index (χ3v) is 3.26. The number of benzene rings is 1. The highest BCUT2D eigenvalue weighted by molar-refractivity contribution is 5.81. The first-order valence-electron chi connectivity index (χ1n) is 6.71. The topological polar surface area (TPSA) is 84.4 Å². The first kappa shape index (κ1) is 15.1. The number of nitrogens with two attached hydrogens (primary N) is 1. The maximum absolute atomic E-state index is 12.2. The van der Waals surface area contributed by atoms with Crippen molar-refractivity contribution in [3.8, 4) is 5.75 Å². The molecule has 1 amide bonds. The van der Waals surface area contributed by atoms with E-state index in [0.29, 0.717) is 13.0 Å². The van der Waals surface area contributed by atoms with Gasteiger partial charge in [-0.15, -0.1) is 0 Å². The number of aryl methyl sites for hydroxylation is 1. The number of hydrogen-bond donors (Lipinski definition) is 2. The van der Waals surface area contributed by atoms with E-state index < -0.39 is 6.04 Å². The van der Waals surface area contributed by atoms with Gasteiger partial charge in [-0.2, -0.15) is 5.10 Å². The summed E-state index contributed by atoms with van der Waals surface area (Å²) in [4.78, 5) is 13.8. The maximum Gasteiger partial charge on any atom is 0.239 e. The van der Waals surface area contributed by atoms with Gasteiger partial charge in [-0.25, -0.2) is 0 Å². The summed E-state index contributed by atoms with van der Waals surface area (Å²) in [6.07, 6.45) is 4.04. The number of carbonyl (C=O) groups is 1. The average molecular weight is 288 g/mol. The predicted molar refractivity (Wildman–Crippen MR) is 79.5 cm³/mol. The highest BCUT2D eigenvalue weighted by atomic mass is 16.3. The van der Waals surface area contributed by atoms with Crippen LogP contribution in [0.25, 0.3) is 0 Å². The minimum absolute atomic E-state index is 0.119. The third-order valence-electron chi connectivity index (χ3n) is 3.26. The van der Waals surface area contributed by atoms with Crippen LogP contribution in [-0.2, 0) is 24.8 Å². The standard InChI is InChI=1S/C15H20N4O2/c1-18(9-12-8-17-19(2)10-12)15(21)14(16)7-11-3-5-13(20)6-4-11/h3-6,8,10,14,20H,7,9,16H2,1-2H3. The third kappa shape index (κ3) is 4.06. The van der Waals surface area contributed by atoms with Gasteiger partial charge in [0.15, 0.2) is 0 Å². The Morgan fingerprint density at radius 3 is 2.62 bits per heavy atom. The van der Waals surface area contributed by atoms with E-state index in [-0.39, 0.29) is 11.7 Å². The molecule has 0 saturated carbocycles. The van der Waals surface area contributed by atoms with Crippen molar-refractivity contribution in [2.75, 3.05) is 7.05 Å². The summed E-state index contributed by atoms with van der Waals surface area (Å²) in [6.45, 7) is 0.482. The average Bonchev–Trinajstić information content (AvgIpc) is 2.85. The molecule has 1 aromatic carbocycles. The molecule has 0 aliphatic heterocycles. The fourth-order valence-corrected chi connectivity index (χ4v) is 2.16. The number of aromatic nitrogens is 2. The normalized spacial score (nSPS) is 12.1. The van der Waals surface area contributed by atoms with E-state index in [4.69, 9.17) is 5.73 Å². The molecule has 1 aromatic heterocycles. The van der Waals surface area contributed by atoms with Gasteiger partial charge in [-0.3, -0.25) is 9.48 Å². The maximum atomic E-state index is 12.2. The van der Waals surface area contributed by atoms with Gasteiger partial charge in [0.1, 0.15) is 5.75 Å². The Labute approximate surface area is 123 Å². The Balaban J connectivity index is 1.93. The minimum atomic E-state index is -0.601. The van der Waals surface area contributed by atoms with Crippen molar-refractivity contribution in [2.45, 2.75) is 19.0 Å². The zero-order chi connectivity index (χ0) is 15.4. The van der Waals surface area contributed by atoms with Gasteiger partial charge < -0.3 is 15.7 Å². The fourth-order valence-electron chi connectivity index (χ4n) is 2.16. The quantitative estimate of drug-likeness (QED) is 0.846. The number of carbonyl (C=O) groups excluding carboxylic acids is 1. The SMILES string of the molecule is CN(Cc1cnn(C)c1)C(=O)C(N)Cc1ccc(O)cc1. The molecule has 6 nitrogen and oxygen atoms in total. The number of likely N-dealkylation sites (N-methyl/N-ethyl adjacent to an activating group) is 1. The Bertz CT molecular complexity index is 606. The van der Waals surface area contributed by atoms with Crippen molar-refractivity contribution in [3.63, 3.8) is 0 Å². The lowest BCUT2D eigenvalue weighted by molar-refractivity contribution is -0.131. The molecule has 0 spiro atoms. The first-order chi connectivity index (χ1) is 9.95. The van der Waals surface area contributed by atoms with E-state index in [1.54, 1.807) is 47.1 Å². The van der Waals surface area contributed by atoms with E-state index in [1.807, 2.05) is 13.2 Å². The molecule has 21 heavy (non-hydrogen) atoms. The van der Waals surface area contributed by atoms with E-state index in [0.717, 1.165) is 11.1 Å². The van der Waals surface area contributed by atoms with Gasteiger partial charge in [0.25, 0.3) is 0 Å². The molecule has 1 unspecified atom stereocenters. The van der Waals surface area contributed by atoms with Gasteiger partial charge in [-0.1, -0.05) is 12.1 Å². The molecule has 0 aliphatic carbocycles. The summed E-state index contributed by atoms with van der Waals surface area (Å²) in [5.74, 6) is 0.0827. The molecule has 6 heteroatoms. The fraction of sp³-hybridized carbons (Fsp3) is 0.333. The van der Waals surface area contributed by atoms with Crippen LogP contribution >= 0.6 is 0 Å². The van der Waals surface area contributed by atoms with Gasteiger partial charge >= 0.3 is 0 Å². The zero-order valence-electron chi connectivity index (χ0n) is 12.2. The summed E-state index contributed by atoms with van der Waals surface area (Å²) >= 11 is 0. The summed E-state index contributed by atoms with van der Waals surface area (Å²) in [6, 6.07) is 6.11. The first-order valence-corrected chi connectivity index (χ1v) is 6.71. The van der Waals surface area contributed by atoms with Crippen molar-refractivity contribution in [2.24, 2.45) is 12.8 Å². The Morgan fingerprint density at radius 1 is 1.38 bits per heavy atom. The molecule has 2 aromatic rings. The highest BCUT2D eigenvalue weighted by Gasteiger charge is 2.19. The molecule has 0 aliphatic rings. The number of amides is 1. The Kier molecular flexibility index (Phi) is 4.59. The molecule has 1 atom stereocenters. The second-order valence-corrected chi connectivity index (χ2v) is 5.19. The largest absolute Gasteiger partial charge is 0.508 e. The summed E-state index contributed by atoms with van der Waals surface area (Å²) in [5.41, 5.74) is 7.86. The number of nitrogens with zero attached hydrogens (tertiary/aromatic N) is 3. The second-order valence-electron chi connectivity index (χ2n) is 5.19. The van der Waals surface area contributed by atoms with E-state index in [9.17, 15) is 9.90 Å². The lowest BCUT2D eigenvalue weighted by atomic mass is 10.1. The number of hydrogen-bond acceptors (Lipinski definition) is 4. The van der Waals surface area contributed by atoms with Gasteiger partial charge in [0, 0.05) is 32.4 Å². The van der Waals surface area contributed by atoms with Gasteiger partial charge in [0.05, 0.1) is 12.2 Å². The van der Waals surface area contributed by atoms with Gasteiger partial charge in [-0.05, 0) is 24.1 Å². The number of rotatable bonds is 5. The van der Waals surface area contributed by atoms with Crippen LogP contribution in [0.15, 0.2) is 36.7 Å². The van der Waals surface area contributed by atoms with Crippen LogP contribution in [0.4, 0.5) is 0 Å². The zero-order valence-corrected chi connectivity index (χ0v) is 12.2. The minimum Gasteiger partial charge on any atom is -0.508 e. The number of phenolic OH excluding ortho intramolecular Hbond substituents is 1. The molecule has 0 saturated heterocycles. The molecular formula is C15H20N4O2. The summed E-state index contributed by atoms with van der Waals surface area (Å²) < 4.78 is 1.70. The van der Waals surface area contributed by atoms with Crippen molar-refractivity contribution >= 4 is 5.91 Å². The molecule has 0 bridgehead atoms. The van der Waals surface area contributed by atoms with Crippen LogP contribution in [0, 0.1) is 0 Å². The molecule has 0 fully saturated rings. The molecule has 0 radical (unpaired) electrons. The highest BCUT2D eigenvalue weighted by Crippen LogP contribution is 2.12. The van der Waals surface area contributed by atoms with Crippen molar-refractivity contribution in [1.29, 1.82) is 0 Å². The number of phenols is 1. The van der Waals surface area contributed by atoms with E-state index in [1.165, 1.54) is 0 Å². The van der Waals surface area contributed by atoms with Crippen LogP contribution in [0.3, 0.4) is 0 Å². The molecule has 112 valence electrons. The van der Waals surface area contributed by atoms with Crippen molar-refractivity contribution < 1.29 is 9.90 Å². The Hall–Kier alpha value is -2.34. The smallest absolute Gasteiger partial charge is 0.239 e.